The fourth-order valence-electron chi connectivity index (χ4n) is 5.40. The van der Waals surface area contributed by atoms with E-state index in [1.165, 1.54) is 4.57 Å². The molecule has 5 rings (SSSR count). The lowest BCUT2D eigenvalue weighted by Gasteiger charge is -2.48. The number of fused-ring (bicyclic) bond motifs is 1. The minimum atomic E-state index is -0.354. The van der Waals surface area contributed by atoms with Crippen LogP contribution in [0.3, 0.4) is 0 Å². The molecule has 0 bridgehead atoms. The predicted molar refractivity (Wildman–Crippen MR) is 134 cm³/mol. The highest BCUT2D eigenvalue weighted by Crippen LogP contribution is 2.41. The molecule has 0 amide bonds. The molecule has 3 heterocycles. The Bertz CT molecular complexity index is 1370. The van der Waals surface area contributed by atoms with Gasteiger partial charge in [-0.15, -0.1) is 0 Å². The van der Waals surface area contributed by atoms with Gasteiger partial charge in [0.05, 0.1) is 5.52 Å². The highest BCUT2D eigenvalue weighted by molar-refractivity contribution is 5.86. The fraction of sp³-hybridized carbons (Fsp3) is 0.481. The Hall–Kier alpha value is -3.31. The average Bonchev–Trinajstić information content (AvgIpc) is 3.71. The molecular formula is C27H31FN6O. The van der Waals surface area contributed by atoms with Gasteiger partial charge in [-0.3, -0.25) is 9.47 Å². The first kappa shape index (κ1) is 23.4. The van der Waals surface area contributed by atoms with E-state index in [-0.39, 0.29) is 35.3 Å². The third-order valence-electron chi connectivity index (χ3n) is 7.70. The molecule has 1 aliphatic heterocycles. The second-order valence-electron chi connectivity index (χ2n) is 9.94. The zero-order valence-electron chi connectivity index (χ0n) is 20.7. The minimum Gasteiger partial charge on any atom is -0.349 e. The second kappa shape index (κ2) is 9.04. The molecule has 2 fully saturated rings. The SMILES string of the molecule is CC[C@@H]1CN(c2nc(=O)n(C)c3ccc(C#N)nc23)[C@@H](C)CN1C(C)c1ccc(C2CC2)cc1F. The van der Waals surface area contributed by atoms with Crippen LogP contribution in [0, 0.1) is 17.1 Å². The Labute approximate surface area is 204 Å². The van der Waals surface area contributed by atoms with Gasteiger partial charge in [0.15, 0.2) is 5.82 Å². The van der Waals surface area contributed by atoms with Crippen molar-refractivity contribution in [2.24, 2.45) is 7.05 Å². The van der Waals surface area contributed by atoms with Crippen LogP contribution >= 0.6 is 0 Å². The first-order valence-corrected chi connectivity index (χ1v) is 12.4. The Morgan fingerprint density at radius 2 is 1.97 bits per heavy atom. The average molecular weight is 475 g/mol. The lowest BCUT2D eigenvalue weighted by atomic mass is 9.97. The van der Waals surface area contributed by atoms with Crippen LogP contribution in [0.4, 0.5) is 10.2 Å². The van der Waals surface area contributed by atoms with Gasteiger partial charge in [-0.2, -0.15) is 10.2 Å². The van der Waals surface area contributed by atoms with E-state index >= 15 is 4.39 Å². The van der Waals surface area contributed by atoms with Crippen molar-refractivity contribution < 1.29 is 4.39 Å². The van der Waals surface area contributed by atoms with Crippen LogP contribution in [0.2, 0.25) is 0 Å². The van der Waals surface area contributed by atoms with Gasteiger partial charge in [0.2, 0.25) is 0 Å². The van der Waals surface area contributed by atoms with Crippen molar-refractivity contribution in [3.8, 4) is 6.07 Å². The van der Waals surface area contributed by atoms with Crippen LogP contribution in [-0.4, -0.2) is 44.6 Å². The Balaban J connectivity index is 1.48. The van der Waals surface area contributed by atoms with E-state index in [2.05, 4.69) is 52.7 Å². The number of hydrogen-bond acceptors (Lipinski definition) is 6. The van der Waals surface area contributed by atoms with Crippen molar-refractivity contribution in [2.45, 2.75) is 64.1 Å². The molecule has 1 aliphatic carbocycles. The Morgan fingerprint density at radius 3 is 2.63 bits per heavy atom. The summed E-state index contributed by atoms with van der Waals surface area (Å²) in [6.07, 6.45) is 3.18. The number of nitriles is 1. The molecule has 0 N–H and O–H groups in total. The standard InChI is InChI=1S/C27H31FN6O/c1-5-21-15-33(26-25-24(32(4)27(35)31-26)11-9-20(13-29)30-25)16(2)14-34(21)17(3)22-10-8-19(12-23(22)28)18-6-7-18/h8-12,16-18,21H,5-7,14-15H2,1-4H3/t16-,17?,21+/m0/s1. The number of benzene rings is 1. The number of pyridine rings is 1. The minimum absolute atomic E-state index is 0.0180. The van der Waals surface area contributed by atoms with Gasteiger partial charge in [0.1, 0.15) is 23.1 Å². The number of hydrogen-bond donors (Lipinski definition) is 0. The molecule has 0 spiro atoms. The topological polar surface area (TPSA) is 78.0 Å². The summed E-state index contributed by atoms with van der Waals surface area (Å²) < 4.78 is 16.6. The maximum Gasteiger partial charge on any atom is 0.349 e. The molecule has 1 aromatic carbocycles. The van der Waals surface area contributed by atoms with Crippen LogP contribution in [0.15, 0.2) is 35.1 Å². The molecule has 0 radical (unpaired) electrons. The third kappa shape index (κ3) is 4.19. The second-order valence-corrected chi connectivity index (χ2v) is 9.94. The summed E-state index contributed by atoms with van der Waals surface area (Å²) in [5, 5.41) is 9.38. The molecule has 3 aromatic rings. The zero-order valence-corrected chi connectivity index (χ0v) is 20.7. The summed E-state index contributed by atoms with van der Waals surface area (Å²) in [6, 6.07) is 11.3. The summed E-state index contributed by atoms with van der Waals surface area (Å²) in [5.41, 5.74) is 2.97. The molecular weight excluding hydrogens is 443 g/mol. The number of aromatic nitrogens is 3. The maximum absolute atomic E-state index is 15.1. The van der Waals surface area contributed by atoms with Gasteiger partial charge in [-0.25, -0.2) is 14.2 Å². The van der Waals surface area contributed by atoms with Crippen LogP contribution in [-0.2, 0) is 7.05 Å². The van der Waals surface area contributed by atoms with Crippen molar-refractivity contribution in [1.29, 1.82) is 5.26 Å². The summed E-state index contributed by atoms with van der Waals surface area (Å²) in [4.78, 5) is 26.0. The third-order valence-corrected chi connectivity index (χ3v) is 7.70. The molecule has 2 aromatic heterocycles. The van der Waals surface area contributed by atoms with Crippen LogP contribution in [0.5, 0.6) is 0 Å². The van der Waals surface area contributed by atoms with Crippen molar-refractivity contribution in [2.75, 3.05) is 18.0 Å². The van der Waals surface area contributed by atoms with Crippen LogP contribution < -0.4 is 10.6 Å². The molecule has 182 valence electrons. The number of halogens is 1. The molecule has 35 heavy (non-hydrogen) atoms. The number of aryl methyl sites for hydroxylation is 1. The highest BCUT2D eigenvalue weighted by Gasteiger charge is 2.36. The van der Waals surface area contributed by atoms with Crippen molar-refractivity contribution in [3.05, 3.63) is 63.5 Å². The lowest BCUT2D eigenvalue weighted by Crippen LogP contribution is -2.58. The van der Waals surface area contributed by atoms with E-state index in [4.69, 9.17) is 0 Å². The maximum atomic E-state index is 15.1. The largest absolute Gasteiger partial charge is 0.349 e. The van der Waals surface area contributed by atoms with Gasteiger partial charge < -0.3 is 4.90 Å². The monoisotopic (exact) mass is 474 g/mol. The molecule has 2 aliphatic rings. The first-order chi connectivity index (χ1) is 16.8. The van der Waals surface area contributed by atoms with Gasteiger partial charge >= 0.3 is 5.69 Å². The molecule has 8 heteroatoms. The number of nitrogens with zero attached hydrogens (tertiary/aromatic N) is 6. The number of rotatable bonds is 5. The summed E-state index contributed by atoms with van der Waals surface area (Å²) in [6.45, 7) is 7.63. The summed E-state index contributed by atoms with van der Waals surface area (Å²) in [5.74, 6) is 0.912. The fourth-order valence-corrected chi connectivity index (χ4v) is 5.40. The lowest BCUT2D eigenvalue weighted by molar-refractivity contribution is 0.104. The first-order valence-electron chi connectivity index (χ1n) is 12.4. The summed E-state index contributed by atoms with van der Waals surface area (Å²) >= 11 is 0. The number of anilines is 1. The van der Waals surface area contributed by atoms with Gasteiger partial charge in [-0.05, 0) is 62.8 Å². The quantitative estimate of drug-likeness (QED) is 0.550. The van der Waals surface area contributed by atoms with Gasteiger partial charge in [0, 0.05) is 43.8 Å². The molecule has 1 unspecified atom stereocenters. The van der Waals surface area contributed by atoms with E-state index < -0.39 is 0 Å². The van der Waals surface area contributed by atoms with Crippen molar-refractivity contribution in [1.82, 2.24) is 19.4 Å². The molecule has 1 saturated heterocycles. The predicted octanol–water partition coefficient (Wildman–Crippen LogP) is 4.27. The van der Waals surface area contributed by atoms with Crippen molar-refractivity contribution >= 4 is 16.9 Å². The Morgan fingerprint density at radius 1 is 1.20 bits per heavy atom. The van der Waals surface area contributed by atoms with Crippen LogP contribution in [0.1, 0.15) is 68.8 Å². The smallest absolute Gasteiger partial charge is 0.349 e. The van der Waals surface area contributed by atoms with E-state index in [1.807, 2.05) is 6.07 Å². The molecule has 7 nitrogen and oxygen atoms in total. The van der Waals surface area contributed by atoms with E-state index in [1.54, 1.807) is 25.2 Å². The van der Waals surface area contributed by atoms with Crippen molar-refractivity contribution in [3.63, 3.8) is 0 Å². The van der Waals surface area contributed by atoms with E-state index in [0.717, 1.165) is 30.4 Å². The number of piperazine rings is 1. The van der Waals surface area contributed by atoms with E-state index in [9.17, 15) is 10.1 Å². The highest BCUT2D eigenvalue weighted by atomic mass is 19.1. The van der Waals surface area contributed by atoms with Gasteiger partial charge in [0.25, 0.3) is 0 Å². The normalized spacial score (nSPS) is 21.8. The molecule has 1 saturated carbocycles. The molecule has 3 atom stereocenters. The van der Waals surface area contributed by atoms with E-state index in [0.29, 0.717) is 35.9 Å². The van der Waals surface area contributed by atoms with Crippen LogP contribution in [0.25, 0.3) is 11.0 Å². The summed E-state index contributed by atoms with van der Waals surface area (Å²) in [7, 11) is 1.66. The zero-order chi connectivity index (χ0) is 24.9. The van der Waals surface area contributed by atoms with Gasteiger partial charge in [-0.1, -0.05) is 19.1 Å². The Kier molecular flexibility index (Phi) is 6.06.